The molecule has 4 heteroatoms. The van der Waals surface area contributed by atoms with Gasteiger partial charge in [-0.3, -0.25) is 0 Å². The number of aliphatic hydroxyl groups excluding tert-OH is 1. The van der Waals surface area contributed by atoms with Crippen molar-refractivity contribution in [2.24, 2.45) is 0 Å². The summed E-state index contributed by atoms with van der Waals surface area (Å²) in [6.45, 7) is 11.0. The zero-order valence-corrected chi connectivity index (χ0v) is 11.8. The van der Waals surface area contributed by atoms with Crippen LogP contribution in [0, 0.1) is 0 Å². The van der Waals surface area contributed by atoms with Crippen molar-refractivity contribution >= 4 is 17.8 Å². The summed E-state index contributed by atoms with van der Waals surface area (Å²) in [5, 5.41) is 18.6. The molecule has 0 radical (unpaired) electrons. The van der Waals surface area contributed by atoms with Crippen LogP contribution < -0.4 is 0 Å². The Bertz CT molecular complexity index is 601. The highest BCUT2D eigenvalue weighted by Gasteiger charge is 2.11. The average molecular weight is 269 g/mol. The van der Waals surface area contributed by atoms with Gasteiger partial charge in [0.2, 0.25) is 0 Å². The average Bonchev–Trinajstić information content (AvgIpc) is 2.88. The van der Waals surface area contributed by atoms with Crippen LogP contribution in [-0.4, -0.2) is 20.1 Å². The minimum atomic E-state index is 0.105. The molecular formula is C16H19N3O. The first-order valence-electron chi connectivity index (χ1n) is 6.25. The van der Waals surface area contributed by atoms with Gasteiger partial charge in [-0.1, -0.05) is 37.5 Å². The maximum Gasteiger partial charge on any atom is 0.138 e. The van der Waals surface area contributed by atoms with Gasteiger partial charge in [0.15, 0.2) is 0 Å². The molecule has 104 valence electrons. The third-order valence-electron chi connectivity index (χ3n) is 2.45. The molecule has 0 aliphatic carbocycles. The summed E-state index contributed by atoms with van der Waals surface area (Å²) in [7, 11) is 0. The molecule has 4 nitrogen and oxygen atoms in total. The summed E-state index contributed by atoms with van der Waals surface area (Å²) in [6, 6.07) is 0. The largest absolute Gasteiger partial charge is 0.506 e. The minimum Gasteiger partial charge on any atom is -0.506 e. The summed E-state index contributed by atoms with van der Waals surface area (Å²) >= 11 is 0. The second-order valence-corrected chi connectivity index (χ2v) is 3.81. The highest BCUT2D eigenvalue weighted by Crippen LogP contribution is 2.15. The van der Waals surface area contributed by atoms with Crippen molar-refractivity contribution in [3.05, 3.63) is 66.8 Å². The highest BCUT2D eigenvalue weighted by atomic mass is 16.3. The lowest BCUT2D eigenvalue weighted by molar-refractivity contribution is 0.427. The lowest BCUT2D eigenvalue weighted by atomic mass is 10.3. The summed E-state index contributed by atoms with van der Waals surface area (Å²) in [5.74, 6) is 0.105. The van der Waals surface area contributed by atoms with Gasteiger partial charge in [-0.25, -0.2) is 0 Å². The van der Waals surface area contributed by atoms with Gasteiger partial charge in [0.05, 0.1) is 0 Å². The third-order valence-corrected chi connectivity index (χ3v) is 2.45. The quantitative estimate of drug-likeness (QED) is 0.627. The van der Waals surface area contributed by atoms with Crippen LogP contribution in [0.1, 0.15) is 25.2 Å². The number of aromatic nitrogens is 3. The first-order chi connectivity index (χ1) is 9.67. The van der Waals surface area contributed by atoms with Crippen LogP contribution in [-0.2, 0) is 0 Å². The molecule has 1 aromatic rings. The maximum atomic E-state index is 9.94. The highest BCUT2D eigenvalue weighted by molar-refractivity contribution is 5.64. The molecule has 0 saturated carbocycles. The number of rotatable bonds is 6. The minimum absolute atomic E-state index is 0.105. The molecule has 0 fully saturated rings. The van der Waals surface area contributed by atoms with E-state index in [-0.39, 0.29) is 5.76 Å². The van der Waals surface area contributed by atoms with E-state index in [2.05, 4.69) is 23.4 Å². The lowest BCUT2D eigenvalue weighted by Crippen LogP contribution is -2.04. The summed E-state index contributed by atoms with van der Waals surface area (Å²) < 4.78 is 0. The van der Waals surface area contributed by atoms with Crippen LogP contribution in [0.15, 0.2) is 55.4 Å². The fraction of sp³-hybridized carbons (Fsp3) is 0.125. The molecular weight excluding hydrogens is 250 g/mol. The molecule has 0 aromatic carbocycles. The van der Waals surface area contributed by atoms with Crippen LogP contribution in [0.25, 0.3) is 17.8 Å². The summed E-state index contributed by atoms with van der Waals surface area (Å²) in [5.41, 5.74) is 1.79. The van der Waals surface area contributed by atoms with Crippen molar-refractivity contribution in [1.82, 2.24) is 15.0 Å². The molecule has 0 saturated heterocycles. The molecule has 0 bridgehead atoms. The van der Waals surface area contributed by atoms with Gasteiger partial charge < -0.3 is 5.11 Å². The van der Waals surface area contributed by atoms with Gasteiger partial charge in [0.25, 0.3) is 0 Å². The van der Waals surface area contributed by atoms with Crippen molar-refractivity contribution in [1.29, 1.82) is 0 Å². The normalized spacial score (nSPS) is 13.3. The Labute approximate surface area is 119 Å². The molecule has 20 heavy (non-hydrogen) atoms. The van der Waals surface area contributed by atoms with Crippen LogP contribution in [0.3, 0.4) is 0 Å². The van der Waals surface area contributed by atoms with Gasteiger partial charge in [0.1, 0.15) is 22.8 Å². The van der Waals surface area contributed by atoms with Gasteiger partial charge >= 0.3 is 0 Å². The Morgan fingerprint density at radius 1 is 1.15 bits per heavy atom. The van der Waals surface area contributed by atoms with Gasteiger partial charge in [-0.05, 0) is 38.2 Å². The van der Waals surface area contributed by atoms with Gasteiger partial charge in [-0.2, -0.15) is 0 Å². The van der Waals surface area contributed by atoms with Crippen LogP contribution >= 0.6 is 0 Å². The van der Waals surface area contributed by atoms with E-state index in [0.29, 0.717) is 17.1 Å². The van der Waals surface area contributed by atoms with Crippen LogP contribution in [0.2, 0.25) is 0 Å². The van der Waals surface area contributed by atoms with Crippen molar-refractivity contribution in [2.45, 2.75) is 13.8 Å². The molecule has 0 aliphatic heterocycles. The van der Waals surface area contributed by atoms with E-state index in [9.17, 15) is 5.11 Å². The summed E-state index contributed by atoms with van der Waals surface area (Å²) in [6.07, 6.45) is 13.8. The van der Waals surface area contributed by atoms with E-state index in [1.165, 1.54) is 4.80 Å². The zero-order valence-electron chi connectivity index (χ0n) is 11.8. The van der Waals surface area contributed by atoms with E-state index < -0.39 is 0 Å². The molecule has 1 N–H and O–H groups in total. The molecule has 0 aliphatic rings. The fourth-order valence-electron chi connectivity index (χ4n) is 1.45. The predicted octanol–water partition coefficient (Wildman–Crippen LogP) is 4.00. The van der Waals surface area contributed by atoms with Crippen LogP contribution in [0.5, 0.6) is 0 Å². The fourth-order valence-corrected chi connectivity index (χ4v) is 1.45. The monoisotopic (exact) mass is 269 g/mol. The first kappa shape index (κ1) is 15.4. The smallest absolute Gasteiger partial charge is 0.138 e. The SMILES string of the molecule is C=C/C=C\c1nn(C(=C/C=C\C)/C(O)=C\C)nc1C=C. The molecule has 1 rings (SSSR count). The van der Waals surface area contributed by atoms with Crippen molar-refractivity contribution in [2.75, 3.05) is 0 Å². The van der Waals surface area contributed by atoms with E-state index >= 15 is 0 Å². The molecule has 0 amide bonds. The zero-order chi connectivity index (χ0) is 15.0. The Hall–Kier alpha value is -2.62. The maximum absolute atomic E-state index is 9.94. The number of aliphatic hydroxyl groups is 1. The Morgan fingerprint density at radius 2 is 1.85 bits per heavy atom. The Balaban J connectivity index is 3.35. The number of allylic oxidation sites excluding steroid dienone is 7. The molecule has 0 spiro atoms. The molecule has 1 heterocycles. The Kier molecular flexibility index (Phi) is 5.97. The van der Waals surface area contributed by atoms with E-state index in [1.807, 2.05) is 19.1 Å². The number of hydrogen-bond acceptors (Lipinski definition) is 3. The van der Waals surface area contributed by atoms with Gasteiger partial charge in [-0.15, -0.1) is 15.0 Å². The molecule has 0 atom stereocenters. The Morgan fingerprint density at radius 3 is 2.40 bits per heavy atom. The number of nitrogens with zero attached hydrogens (tertiary/aromatic N) is 3. The van der Waals surface area contributed by atoms with Gasteiger partial charge in [0, 0.05) is 0 Å². The van der Waals surface area contributed by atoms with Crippen molar-refractivity contribution in [3.63, 3.8) is 0 Å². The first-order valence-corrected chi connectivity index (χ1v) is 6.25. The van der Waals surface area contributed by atoms with E-state index in [4.69, 9.17) is 0 Å². The molecule has 1 aromatic heterocycles. The standard InChI is InChI=1S/C16H19N3O/c1-5-9-11-14-13(7-3)17-19(18-14)15(12-10-6-2)16(20)8-4/h5-12,20H,1,3H2,2,4H3/b10-6-,11-9-,15-12+,16-8+. The second-order valence-electron chi connectivity index (χ2n) is 3.81. The number of hydrogen-bond donors (Lipinski definition) is 1. The second kappa shape index (κ2) is 7.74. The van der Waals surface area contributed by atoms with Crippen molar-refractivity contribution < 1.29 is 5.11 Å². The predicted molar refractivity (Wildman–Crippen MR) is 84.8 cm³/mol. The van der Waals surface area contributed by atoms with Crippen molar-refractivity contribution in [3.8, 4) is 0 Å². The summed E-state index contributed by atoms with van der Waals surface area (Å²) in [4.78, 5) is 1.38. The topological polar surface area (TPSA) is 50.9 Å². The third kappa shape index (κ3) is 3.68. The molecule has 0 unspecified atom stereocenters. The van der Waals surface area contributed by atoms with Crippen LogP contribution in [0.4, 0.5) is 0 Å². The van der Waals surface area contributed by atoms with E-state index in [1.54, 1.807) is 43.4 Å². The van der Waals surface area contributed by atoms with E-state index in [0.717, 1.165) is 0 Å². The lowest BCUT2D eigenvalue weighted by Gasteiger charge is -2.03.